The molecule has 86 valence electrons. The summed E-state index contributed by atoms with van der Waals surface area (Å²) >= 11 is 0. The Morgan fingerprint density at radius 2 is 2.00 bits per heavy atom. The van der Waals surface area contributed by atoms with Crippen LogP contribution in [0.5, 0.6) is 5.75 Å². The average molecular weight is 228 g/mol. The van der Waals surface area contributed by atoms with Gasteiger partial charge >= 0.3 is 6.18 Å². The largest absolute Gasteiger partial charge is 0.489 e. The molecule has 4 heteroatoms. The molecule has 0 N–H and O–H groups in total. The van der Waals surface area contributed by atoms with Gasteiger partial charge in [0.2, 0.25) is 0 Å². The van der Waals surface area contributed by atoms with E-state index in [-0.39, 0.29) is 0 Å². The van der Waals surface area contributed by atoms with Crippen LogP contribution in [-0.2, 0) is 6.18 Å². The van der Waals surface area contributed by atoms with E-state index in [2.05, 4.69) is 0 Å². The van der Waals surface area contributed by atoms with Crippen LogP contribution in [0.25, 0.3) is 0 Å². The maximum atomic E-state index is 12.4. The molecule has 0 saturated carbocycles. The van der Waals surface area contributed by atoms with Gasteiger partial charge in [-0.1, -0.05) is 12.1 Å². The van der Waals surface area contributed by atoms with Crippen molar-refractivity contribution < 1.29 is 17.9 Å². The number of alkyl halides is 3. The normalized spacial score (nSPS) is 14.6. The molecule has 0 heterocycles. The molecule has 2 rings (SSSR count). The van der Waals surface area contributed by atoms with E-state index in [0.29, 0.717) is 17.9 Å². The summed E-state index contributed by atoms with van der Waals surface area (Å²) in [5.74, 6) is 0.308. The van der Waals surface area contributed by atoms with Gasteiger partial charge in [-0.2, -0.15) is 13.2 Å². The molecule has 1 aromatic rings. The molecule has 0 bridgehead atoms. The molecule has 0 fully saturated rings. The van der Waals surface area contributed by atoms with E-state index < -0.39 is 11.7 Å². The lowest BCUT2D eigenvalue weighted by molar-refractivity contribution is -0.137. The fourth-order valence-corrected chi connectivity index (χ4v) is 1.29. The van der Waals surface area contributed by atoms with Gasteiger partial charge in [0.25, 0.3) is 0 Å². The van der Waals surface area contributed by atoms with Crippen LogP contribution in [-0.4, -0.2) is 6.61 Å². The topological polar surface area (TPSA) is 9.23 Å². The number of hydrogen-bond donors (Lipinski definition) is 0. The molecular formula is C12H11F3O. The SMILES string of the molecule is Cc1ccc(C(F)(F)F)cc1OCC1=CC1. The highest BCUT2D eigenvalue weighted by atomic mass is 19.4. The standard InChI is InChI=1S/C12H11F3O/c1-8-2-5-10(12(13,14)15)6-11(8)16-7-9-3-4-9/h2-3,5-6H,4,7H2,1H3. The van der Waals surface area contributed by atoms with Crippen molar-refractivity contribution in [2.45, 2.75) is 19.5 Å². The second-order valence-electron chi connectivity index (χ2n) is 3.83. The summed E-state index contributed by atoms with van der Waals surface area (Å²) in [6.07, 6.45) is -1.41. The van der Waals surface area contributed by atoms with Crippen molar-refractivity contribution in [3.05, 3.63) is 41.0 Å². The first-order valence-corrected chi connectivity index (χ1v) is 4.95. The van der Waals surface area contributed by atoms with Crippen molar-refractivity contribution in [3.8, 4) is 5.75 Å². The zero-order valence-corrected chi connectivity index (χ0v) is 8.77. The molecule has 1 aliphatic carbocycles. The van der Waals surface area contributed by atoms with Crippen LogP contribution in [0.3, 0.4) is 0 Å². The van der Waals surface area contributed by atoms with Gasteiger partial charge in [-0.25, -0.2) is 0 Å². The third kappa shape index (κ3) is 2.56. The lowest BCUT2D eigenvalue weighted by atomic mass is 10.1. The molecule has 0 amide bonds. The van der Waals surface area contributed by atoms with Crippen molar-refractivity contribution in [1.82, 2.24) is 0 Å². The minimum absolute atomic E-state index is 0.308. The third-order valence-corrected chi connectivity index (χ3v) is 2.42. The molecule has 1 aliphatic rings. The van der Waals surface area contributed by atoms with Gasteiger partial charge in [0.15, 0.2) is 0 Å². The predicted octanol–water partition coefficient (Wildman–Crippen LogP) is 3.72. The predicted molar refractivity (Wildman–Crippen MR) is 54.4 cm³/mol. The number of allylic oxidation sites excluding steroid dienone is 1. The minimum Gasteiger partial charge on any atom is -0.489 e. The number of ether oxygens (including phenoxy) is 1. The maximum Gasteiger partial charge on any atom is 0.416 e. The van der Waals surface area contributed by atoms with Crippen LogP contribution < -0.4 is 4.74 Å². The molecule has 0 aliphatic heterocycles. The number of hydrogen-bond acceptors (Lipinski definition) is 1. The van der Waals surface area contributed by atoms with Gasteiger partial charge < -0.3 is 4.74 Å². The molecule has 0 saturated heterocycles. The Kier molecular flexibility index (Phi) is 2.66. The van der Waals surface area contributed by atoms with Gasteiger partial charge in [0.05, 0.1) is 5.56 Å². The van der Waals surface area contributed by atoms with Gasteiger partial charge in [0, 0.05) is 0 Å². The van der Waals surface area contributed by atoms with E-state index in [0.717, 1.165) is 24.1 Å². The Bertz CT molecular complexity index is 432. The first kappa shape index (κ1) is 11.0. The fraction of sp³-hybridized carbons (Fsp3) is 0.333. The monoisotopic (exact) mass is 228 g/mol. The zero-order valence-electron chi connectivity index (χ0n) is 8.77. The fourth-order valence-electron chi connectivity index (χ4n) is 1.29. The van der Waals surface area contributed by atoms with Gasteiger partial charge in [-0.3, -0.25) is 0 Å². The van der Waals surface area contributed by atoms with Crippen LogP contribution in [0.15, 0.2) is 29.8 Å². The first-order valence-electron chi connectivity index (χ1n) is 4.95. The summed E-state index contributed by atoms with van der Waals surface area (Å²) in [6.45, 7) is 2.12. The summed E-state index contributed by atoms with van der Waals surface area (Å²) in [5.41, 5.74) is 1.18. The third-order valence-electron chi connectivity index (χ3n) is 2.42. The molecule has 0 radical (unpaired) electrons. The van der Waals surface area contributed by atoms with Crippen LogP contribution in [0, 0.1) is 6.92 Å². The molecule has 0 unspecified atom stereocenters. The molecular weight excluding hydrogens is 217 g/mol. The second kappa shape index (κ2) is 3.85. The van der Waals surface area contributed by atoms with E-state index in [1.807, 2.05) is 6.08 Å². The lowest BCUT2D eigenvalue weighted by Gasteiger charge is -2.11. The lowest BCUT2D eigenvalue weighted by Crippen LogP contribution is -2.06. The zero-order chi connectivity index (χ0) is 11.8. The minimum atomic E-state index is -4.31. The summed E-state index contributed by atoms with van der Waals surface area (Å²) in [4.78, 5) is 0. The highest BCUT2D eigenvalue weighted by Gasteiger charge is 2.31. The quantitative estimate of drug-likeness (QED) is 0.716. The average Bonchev–Trinajstić information content (AvgIpc) is 2.98. The van der Waals surface area contributed by atoms with Crippen molar-refractivity contribution >= 4 is 0 Å². The van der Waals surface area contributed by atoms with Crippen LogP contribution in [0.1, 0.15) is 17.5 Å². The molecule has 1 aromatic carbocycles. The van der Waals surface area contributed by atoms with Crippen molar-refractivity contribution in [1.29, 1.82) is 0 Å². The van der Waals surface area contributed by atoms with Crippen molar-refractivity contribution in [3.63, 3.8) is 0 Å². The second-order valence-corrected chi connectivity index (χ2v) is 3.83. The Balaban J connectivity index is 2.17. The summed E-state index contributed by atoms with van der Waals surface area (Å²) in [6, 6.07) is 3.55. The van der Waals surface area contributed by atoms with Crippen LogP contribution in [0.4, 0.5) is 13.2 Å². The number of aryl methyl sites for hydroxylation is 1. The summed E-state index contributed by atoms with van der Waals surface area (Å²) in [5, 5.41) is 0. The highest BCUT2D eigenvalue weighted by Crippen LogP contribution is 2.33. The van der Waals surface area contributed by atoms with E-state index in [4.69, 9.17) is 4.74 Å². The van der Waals surface area contributed by atoms with E-state index in [9.17, 15) is 13.2 Å². The summed E-state index contributed by atoms with van der Waals surface area (Å²) < 4.78 is 42.7. The summed E-state index contributed by atoms with van der Waals surface area (Å²) in [7, 11) is 0. The van der Waals surface area contributed by atoms with Crippen molar-refractivity contribution in [2.75, 3.05) is 6.61 Å². The number of rotatable bonds is 3. The molecule has 0 aromatic heterocycles. The Morgan fingerprint density at radius 3 is 2.56 bits per heavy atom. The number of benzene rings is 1. The molecule has 0 spiro atoms. The van der Waals surface area contributed by atoms with Crippen LogP contribution >= 0.6 is 0 Å². The smallest absolute Gasteiger partial charge is 0.416 e. The Morgan fingerprint density at radius 1 is 1.31 bits per heavy atom. The first-order chi connectivity index (χ1) is 7.47. The van der Waals surface area contributed by atoms with Gasteiger partial charge in [-0.05, 0) is 36.6 Å². The maximum absolute atomic E-state index is 12.4. The Labute approximate surface area is 91.5 Å². The van der Waals surface area contributed by atoms with Crippen LogP contribution in [0.2, 0.25) is 0 Å². The Hall–Kier alpha value is -1.45. The molecule has 1 nitrogen and oxygen atoms in total. The van der Waals surface area contributed by atoms with E-state index in [1.54, 1.807) is 6.92 Å². The van der Waals surface area contributed by atoms with Gasteiger partial charge in [0.1, 0.15) is 12.4 Å². The number of halogens is 3. The van der Waals surface area contributed by atoms with E-state index >= 15 is 0 Å². The van der Waals surface area contributed by atoms with E-state index in [1.165, 1.54) is 6.07 Å². The molecule has 16 heavy (non-hydrogen) atoms. The molecule has 0 atom stereocenters. The van der Waals surface area contributed by atoms with Crippen molar-refractivity contribution in [2.24, 2.45) is 0 Å². The van der Waals surface area contributed by atoms with Gasteiger partial charge in [-0.15, -0.1) is 0 Å². The highest BCUT2D eigenvalue weighted by molar-refractivity contribution is 5.38.